The Kier molecular flexibility index (Phi) is 5.53. The van der Waals surface area contributed by atoms with Crippen LogP contribution in [-0.4, -0.2) is 46.1 Å². The van der Waals surface area contributed by atoms with Crippen molar-refractivity contribution >= 4 is 23.8 Å². The molecular weight excluding hydrogens is 353 g/mol. The molecule has 7 nitrogen and oxygen atoms in total. The lowest BCUT2D eigenvalue weighted by Crippen LogP contribution is -2.47. The Hall–Kier alpha value is -2.77. The molecule has 1 N–H and O–H groups in total. The van der Waals surface area contributed by atoms with Crippen molar-refractivity contribution in [3.8, 4) is 0 Å². The van der Waals surface area contributed by atoms with Crippen molar-refractivity contribution in [3.05, 3.63) is 35.6 Å². The van der Waals surface area contributed by atoms with E-state index in [0.717, 1.165) is 24.2 Å². The number of nitrogens with zero attached hydrogens (tertiary/aromatic N) is 2. The number of rotatable bonds is 5. The minimum atomic E-state index is -0.987. The van der Waals surface area contributed by atoms with Crippen molar-refractivity contribution in [3.63, 3.8) is 0 Å². The van der Waals surface area contributed by atoms with Crippen molar-refractivity contribution in [2.75, 3.05) is 6.54 Å². The van der Waals surface area contributed by atoms with Gasteiger partial charge < -0.3 is 5.32 Å². The van der Waals surface area contributed by atoms with Crippen LogP contribution in [0.4, 0.5) is 9.18 Å². The third kappa shape index (κ3) is 3.84. The molecule has 1 aromatic rings. The monoisotopic (exact) mass is 375 g/mol. The van der Waals surface area contributed by atoms with Crippen LogP contribution >= 0.6 is 0 Å². The first kappa shape index (κ1) is 19.0. The van der Waals surface area contributed by atoms with Gasteiger partial charge in [0.2, 0.25) is 5.91 Å². The molecule has 1 aromatic carbocycles. The van der Waals surface area contributed by atoms with Gasteiger partial charge in [-0.3, -0.25) is 19.3 Å². The molecule has 1 aliphatic heterocycles. The quantitative estimate of drug-likeness (QED) is 0.628. The second-order valence-corrected chi connectivity index (χ2v) is 7.05. The molecule has 0 aromatic heterocycles. The highest BCUT2D eigenvalue weighted by Crippen LogP contribution is 2.31. The van der Waals surface area contributed by atoms with Crippen LogP contribution in [-0.2, 0) is 20.9 Å². The summed E-state index contributed by atoms with van der Waals surface area (Å²) in [5, 5.41) is 2.47. The SMILES string of the molecule is C[C@H]1CCCC[C@@H]1N1C(=O)C(=O)N(CC(=O)NCc2ccccc2F)C1=O. The topological polar surface area (TPSA) is 86.8 Å². The summed E-state index contributed by atoms with van der Waals surface area (Å²) in [5.41, 5.74) is 0.290. The van der Waals surface area contributed by atoms with E-state index in [4.69, 9.17) is 0 Å². The Bertz CT molecular complexity index is 782. The van der Waals surface area contributed by atoms with Gasteiger partial charge in [-0.1, -0.05) is 38.0 Å². The van der Waals surface area contributed by atoms with Crippen molar-refractivity contribution in [2.45, 2.75) is 45.2 Å². The van der Waals surface area contributed by atoms with Gasteiger partial charge in [-0.05, 0) is 24.8 Å². The molecule has 3 rings (SSSR count). The lowest BCUT2D eigenvalue weighted by Gasteiger charge is -2.34. The molecule has 1 saturated carbocycles. The van der Waals surface area contributed by atoms with E-state index >= 15 is 0 Å². The molecule has 0 bridgehead atoms. The highest BCUT2D eigenvalue weighted by Gasteiger charge is 2.49. The summed E-state index contributed by atoms with van der Waals surface area (Å²) in [6.45, 7) is 1.33. The van der Waals surface area contributed by atoms with E-state index in [2.05, 4.69) is 5.32 Å². The molecule has 27 heavy (non-hydrogen) atoms. The zero-order chi connectivity index (χ0) is 19.6. The van der Waals surface area contributed by atoms with E-state index in [0.29, 0.717) is 16.9 Å². The molecule has 5 amide bonds. The molecule has 2 aliphatic rings. The molecule has 0 unspecified atom stereocenters. The summed E-state index contributed by atoms with van der Waals surface area (Å²) in [6, 6.07) is 4.92. The predicted molar refractivity (Wildman–Crippen MR) is 93.6 cm³/mol. The fourth-order valence-electron chi connectivity index (χ4n) is 3.67. The minimum Gasteiger partial charge on any atom is -0.350 e. The predicted octanol–water partition coefficient (Wildman–Crippen LogP) is 1.81. The number of benzene rings is 1. The molecule has 0 spiro atoms. The van der Waals surface area contributed by atoms with Gasteiger partial charge in [-0.15, -0.1) is 0 Å². The Morgan fingerprint density at radius 2 is 1.85 bits per heavy atom. The average Bonchev–Trinajstić information content (AvgIpc) is 2.85. The Morgan fingerprint density at radius 3 is 2.56 bits per heavy atom. The summed E-state index contributed by atoms with van der Waals surface area (Å²) in [6.07, 6.45) is 3.48. The maximum atomic E-state index is 13.6. The number of amides is 5. The summed E-state index contributed by atoms with van der Waals surface area (Å²) in [7, 11) is 0. The van der Waals surface area contributed by atoms with Gasteiger partial charge in [0.15, 0.2) is 0 Å². The zero-order valence-electron chi connectivity index (χ0n) is 15.1. The summed E-state index contributed by atoms with van der Waals surface area (Å²) in [5.74, 6) is -2.83. The molecule has 1 saturated heterocycles. The summed E-state index contributed by atoms with van der Waals surface area (Å²) >= 11 is 0. The van der Waals surface area contributed by atoms with E-state index in [1.807, 2.05) is 6.92 Å². The van der Waals surface area contributed by atoms with Crippen LogP contribution in [0.15, 0.2) is 24.3 Å². The first-order chi connectivity index (χ1) is 12.9. The van der Waals surface area contributed by atoms with Crippen molar-refractivity contribution in [2.24, 2.45) is 5.92 Å². The molecule has 2 atom stereocenters. The number of halogens is 1. The molecule has 0 radical (unpaired) electrons. The van der Waals surface area contributed by atoms with Gasteiger partial charge in [-0.2, -0.15) is 0 Å². The molecule has 2 fully saturated rings. The fraction of sp³-hybridized carbons (Fsp3) is 0.474. The van der Waals surface area contributed by atoms with Crippen LogP contribution in [0.3, 0.4) is 0 Å². The highest BCUT2D eigenvalue weighted by atomic mass is 19.1. The molecular formula is C19H22FN3O4. The normalized spacial score (nSPS) is 23.1. The zero-order valence-corrected chi connectivity index (χ0v) is 15.1. The summed E-state index contributed by atoms with van der Waals surface area (Å²) < 4.78 is 13.6. The number of hydrogen-bond donors (Lipinski definition) is 1. The number of imide groups is 2. The van der Waals surface area contributed by atoms with E-state index in [1.165, 1.54) is 18.2 Å². The Labute approximate surface area is 156 Å². The van der Waals surface area contributed by atoms with Gasteiger partial charge in [-0.25, -0.2) is 14.1 Å². The van der Waals surface area contributed by atoms with E-state index < -0.39 is 36.1 Å². The lowest BCUT2D eigenvalue weighted by molar-refractivity contribution is -0.145. The fourth-order valence-corrected chi connectivity index (χ4v) is 3.67. The summed E-state index contributed by atoms with van der Waals surface area (Å²) in [4.78, 5) is 50.9. The standard InChI is InChI=1S/C19H22FN3O4/c1-12-6-2-5-9-15(12)23-18(26)17(25)22(19(23)27)11-16(24)21-10-13-7-3-4-8-14(13)20/h3-4,7-8,12,15H,2,5-6,9-11H2,1H3,(H,21,24)/t12-,15-/m0/s1. The maximum absolute atomic E-state index is 13.6. The van der Waals surface area contributed by atoms with Gasteiger partial charge in [0.05, 0.1) is 0 Å². The maximum Gasteiger partial charge on any atom is 0.334 e. The molecule has 1 heterocycles. The highest BCUT2D eigenvalue weighted by molar-refractivity contribution is 6.45. The second-order valence-electron chi connectivity index (χ2n) is 7.05. The van der Waals surface area contributed by atoms with Crippen molar-refractivity contribution < 1.29 is 23.6 Å². The van der Waals surface area contributed by atoms with Crippen LogP contribution < -0.4 is 5.32 Å². The Balaban J connectivity index is 1.63. The van der Waals surface area contributed by atoms with Crippen molar-refractivity contribution in [1.82, 2.24) is 15.1 Å². The number of carbonyl (C=O) groups excluding carboxylic acids is 4. The second kappa shape index (κ2) is 7.85. The van der Waals surface area contributed by atoms with Crippen LogP contribution in [0, 0.1) is 11.7 Å². The lowest BCUT2D eigenvalue weighted by atomic mass is 9.85. The van der Waals surface area contributed by atoms with Crippen LogP contribution in [0.1, 0.15) is 38.2 Å². The Morgan fingerprint density at radius 1 is 1.15 bits per heavy atom. The first-order valence-electron chi connectivity index (χ1n) is 9.09. The van der Waals surface area contributed by atoms with Gasteiger partial charge >= 0.3 is 17.8 Å². The molecule has 144 valence electrons. The van der Waals surface area contributed by atoms with E-state index in [1.54, 1.807) is 6.07 Å². The van der Waals surface area contributed by atoms with E-state index in [9.17, 15) is 23.6 Å². The van der Waals surface area contributed by atoms with Gasteiger partial charge in [0.25, 0.3) is 0 Å². The number of nitrogens with one attached hydrogen (secondary N) is 1. The number of hydrogen-bond acceptors (Lipinski definition) is 4. The van der Waals surface area contributed by atoms with Crippen LogP contribution in [0.2, 0.25) is 0 Å². The van der Waals surface area contributed by atoms with Crippen LogP contribution in [0.5, 0.6) is 0 Å². The number of urea groups is 1. The number of carbonyl (C=O) groups is 4. The first-order valence-corrected chi connectivity index (χ1v) is 9.09. The smallest absolute Gasteiger partial charge is 0.334 e. The van der Waals surface area contributed by atoms with Gasteiger partial charge in [0, 0.05) is 18.2 Å². The molecule has 8 heteroatoms. The van der Waals surface area contributed by atoms with Crippen LogP contribution in [0.25, 0.3) is 0 Å². The molecule has 1 aliphatic carbocycles. The van der Waals surface area contributed by atoms with Gasteiger partial charge in [0.1, 0.15) is 12.4 Å². The third-order valence-corrected chi connectivity index (χ3v) is 5.22. The average molecular weight is 375 g/mol. The third-order valence-electron chi connectivity index (χ3n) is 5.22. The van der Waals surface area contributed by atoms with E-state index in [-0.39, 0.29) is 18.5 Å². The van der Waals surface area contributed by atoms with Crippen molar-refractivity contribution in [1.29, 1.82) is 0 Å². The minimum absolute atomic E-state index is 0.0704. The largest absolute Gasteiger partial charge is 0.350 e.